The van der Waals surface area contributed by atoms with Gasteiger partial charge in [-0.3, -0.25) is 9.89 Å². The molecule has 3 aromatic rings. The van der Waals surface area contributed by atoms with E-state index in [1.54, 1.807) is 18.3 Å². The summed E-state index contributed by atoms with van der Waals surface area (Å²) in [7, 11) is 0. The van der Waals surface area contributed by atoms with Crippen molar-refractivity contribution in [3.05, 3.63) is 48.2 Å². The van der Waals surface area contributed by atoms with Gasteiger partial charge in [0.15, 0.2) is 6.29 Å². The lowest BCUT2D eigenvalue weighted by atomic mass is 10.00. The van der Waals surface area contributed by atoms with E-state index in [4.69, 9.17) is 0 Å². The Hall–Kier alpha value is -2.62. The molecule has 0 aliphatic carbocycles. The number of rotatable bonds is 2. The first-order chi connectivity index (χ1) is 8.79. The Balaban J connectivity index is 2.26. The van der Waals surface area contributed by atoms with Crippen molar-refractivity contribution in [3.63, 3.8) is 0 Å². The van der Waals surface area contributed by atoms with E-state index in [1.165, 1.54) is 6.07 Å². The molecule has 0 amide bonds. The molecule has 0 saturated heterocycles. The summed E-state index contributed by atoms with van der Waals surface area (Å²) in [5.74, 6) is -0.00637. The van der Waals surface area contributed by atoms with Gasteiger partial charge in [0.25, 0.3) is 0 Å². The summed E-state index contributed by atoms with van der Waals surface area (Å²) < 4.78 is 0. The Morgan fingerprint density at radius 2 is 2.11 bits per heavy atom. The van der Waals surface area contributed by atoms with Crippen LogP contribution in [0.1, 0.15) is 10.4 Å². The lowest BCUT2D eigenvalue weighted by molar-refractivity contribution is 0.112. The Morgan fingerprint density at radius 3 is 2.94 bits per heavy atom. The van der Waals surface area contributed by atoms with Crippen LogP contribution in [0.4, 0.5) is 0 Å². The van der Waals surface area contributed by atoms with E-state index in [9.17, 15) is 9.90 Å². The minimum Gasteiger partial charge on any atom is -0.507 e. The number of aldehydes is 1. The number of fused-ring (bicyclic) bond motifs is 1. The highest BCUT2D eigenvalue weighted by Gasteiger charge is 2.07. The SMILES string of the molecule is O=Cc1cc(-c2cccc3[nH]ncc23)ccc1O. The molecule has 4 nitrogen and oxygen atoms in total. The van der Waals surface area contributed by atoms with Crippen molar-refractivity contribution in [2.75, 3.05) is 0 Å². The molecule has 0 fully saturated rings. The van der Waals surface area contributed by atoms with Gasteiger partial charge in [0, 0.05) is 5.39 Å². The van der Waals surface area contributed by atoms with E-state index in [1.807, 2.05) is 18.2 Å². The quantitative estimate of drug-likeness (QED) is 0.674. The van der Waals surface area contributed by atoms with E-state index < -0.39 is 0 Å². The second-order valence-corrected chi connectivity index (χ2v) is 4.03. The molecular weight excluding hydrogens is 228 g/mol. The molecule has 0 bridgehead atoms. The van der Waals surface area contributed by atoms with Gasteiger partial charge in [0.1, 0.15) is 5.75 Å². The smallest absolute Gasteiger partial charge is 0.153 e. The van der Waals surface area contributed by atoms with Gasteiger partial charge in [0.2, 0.25) is 0 Å². The van der Waals surface area contributed by atoms with Crippen molar-refractivity contribution in [1.82, 2.24) is 10.2 Å². The zero-order valence-electron chi connectivity index (χ0n) is 9.42. The first kappa shape index (κ1) is 10.5. The van der Waals surface area contributed by atoms with E-state index in [2.05, 4.69) is 10.2 Å². The zero-order chi connectivity index (χ0) is 12.5. The molecule has 1 aromatic heterocycles. The second-order valence-electron chi connectivity index (χ2n) is 4.03. The van der Waals surface area contributed by atoms with Crippen molar-refractivity contribution in [1.29, 1.82) is 0 Å². The Morgan fingerprint density at radius 1 is 1.22 bits per heavy atom. The minimum absolute atomic E-state index is 0.00637. The van der Waals surface area contributed by atoms with Crippen LogP contribution in [0, 0.1) is 0 Å². The molecule has 0 spiro atoms. The van der Waals surface area contributed by atoms with Crippen LogP contribution in [0.3, 0.4) is 0 Å². The molecule has 18 heavy (non-hydrogen) atoms. The van der Waals surface area contributed by atoms with Crippen LogP contribution in [-0.4, -0.2) is 21.6 Å². The van der Waals surface area contributed by atoms with E-state index >= 15 is 0 Å². The monoisotopic (exact) mass is 238 g/mol. The summed E-state index contributed by atoms with van der Waals surface area (Å²) in [4.78, 5) is 10.8. The van der Waals surface area contributed by atoms with Gasteiger partial charge in [-0.1, -0.05) is 18.2 Å². The highest BCUT2D eigenvalue weighted by atomic mass is 16.3. The summed E-state index contributed by atoms with van der Waals surface area (Å²) in [6.07, 6.45) is 2.40. The van der Waals surface area contributed by atoms with Crippen LogP contribution in [-0.2, 0) is 0 Å². The first-order valence-electron chi connectivity index (χ1n) is 5.50. The number of benzene rings is 2. The van der Waals surface area contributed by atoms with Crippen LogP contribution >= 0.6 is 0 Å². The number of aromatic nitrogens is 2. The average Bonchev–Trinajstić information content (AvgIpc) is 2.87. The standard InChI is InChI=1S/C14H10N2O2/c17-8-10-6-9(4-5-14(10)18)11-2-1-3-13-12(11)7-15-16-13/h1-8,18H,(H,15,16). The number of carbonyl (C=O) groups is 1. The van der Waals surface area contributed by atoms with Crippen molar-refractivity contribution in [2.45, 2.75) is 0 Å². The topological polar surface area (TPSA) is 66.0 Å². The summed E-state index contributed by atoms with van der Waals surface area (Å²) in [6.45, 7) is 0. The maximum absolute atomic E-state index is 10.8. The Labute approximate surface area is 103 Å². The third-order valence-electron chi connectivity index (χ3n) is 2.95. The molecule has 3 rings (SSSR count). The molecule has 2 N–H and O–H groups in total. The van der Waals surface area contributed by atoms with Crippen molar-refractivity contribution >= 4 is 17.2 Å². The summed E-state index contributed by atoms with van der Waals surface area (Å²) in [5, 5.41) is 17.4. The predicted molar refractivity (Wildman–Crippen MR) is 68.6 cm³/mol. The highest BCUT2D eigenvalue weighted by Crippen LogP contribution is 2.30. The third-order valence-corrected chi connectivity index (χ3v) is 2.95. The highest BCUT2D eigenvalue weighted by molar-refractivity contribution is 5.95. The molecule has 4 heteroatoms. The third kappa shape index (κ3) is 1.55. The normalized spacial score (nSPS) is 10.7. The lowest BCUT2D eigenvalue weighted by Crippen LogP contribution is -1.85. The molecule has 0 atom stereocenters. The van der Waals surface area contributed by atoms with Gasteiger partial charge in [-0.15, -0.1) is 0 Å². The maximum atomic E-state index is 10.8. The Kier molecular flexibility index (Phi) is 2.34. The maximum Gasteiger partial charge on any atom is 0.153 e. The molecule has 88 valence electrons. The summed E-state index contributed by atoms with van der Waals surface area (Å²) >= 11 is 0. The van der Waals surface area contributed by atoms with Crippen LogP contribution in [0.5, 0.6) is 5.75 Å². The fourth-order valence-electron chi connectivity index (χ4n) is 2.04. The molecule has 0 saturated carbocycles. The van der Waals surface area contributed by atoms with Gasteiger partial charge in [-0.05, 0) is 29.3 Å². The van der Waals surface area contributed by atoms with Crippen LogP contribution in [0.2, 0.25) is 0 Å². The Bertz CT molecular complexity index is 731. The molecule has 0 unspecified atom stereocenters. The molecule has 1 heterocycles. The number of nitrogens with zero attached hydrogens (tertiary/aromatic N) is 1. The molecular formula is C14H10N2O2. The van der Waals surface area contributed by atoms with Crippen LogP contribution in [0.15, 0.2) is 42.6 Å². The number of aromatic hydroxyl groups is 1. The molecule has 0 aliphatic heterocycles. The fraction of sp³-hybridized carbons (Fsp3) is 0. The minimum atomic E-state index is -0.00637. The van der Waals surface area contributed by atoms with E-state index in [-0.39, 0.29) is 11.3 Å². The van der Waals surface area contributed by atoms with Crippen LogP contribution < -0.4 is 0 Å². The van der Waals surface area contributed by atoms with Gasteiger partial charge >= 0.3 is 0 Å². The largest absolute Gasteiger partial charge is 0.507 e. The van der Waals surface area contributed by atoms with Gasteiger partial charge in [0.05, 0.1) is 17.3 Å². The zero-order valence-corrected chi connectivity index (χ0v) is 9.42. The summed E-state index contributed by atoms with van der Waals surface area (Å²) in [5.41, 5.74) is 3.08. The number of carbonyl (C=O) groups excluding carboxylic acids is 1. The predicted octanol–water partition coefficient (Wildman–Crippen LogP) is 2.75. The molecule has 0 aliphatic rings. The van der Waals surface area contributed by atoms with Gasteiger partial charge in [-0.25, -0.2) is 0 Å². The average molecular weight is 238 g/mol. The fourth-order valence-corrected chi connectivity index (χ4v) is 2.04. The van der Waals surface area contributed by atoms with Gasteiger partial charge in [-0.2, -0.15) is 5.10 Å². The summed E-state index contributed by atoms with van der Waals surface area (Å²) in [6, 6.07) is 10.8. The van der Waals surface area contributed by atoms with Gasteiger partial charge < -0.3 is 5.11 Å². The van der Waals surface area contributed by atoms with Crippen molar-refractivity contribution < 1.29 is 9.90 Å². The molecule has 0 radical (unpaired) electrons. The number of hydrogen-bond acceptors (Lipinski definition) is 3. The molecule has 2 aromatic carbocycles. The van der Waals surface area contributed by atoms with Crippen molar-refractivity contribution in [3.8, 4) is 16.9 Å². The number of hydrogen-bond donors (Lipinski definition) is 2. The van der Waals surface area contributed by atoms with Crippen molar-refractivity contribution in [2.24, 2.45) is 0 Å². The van der Waals surface area contributed by atoms with E-state index in [0.29, 0.717) is 6.29 Å². The number of phenolic OH excluding ortho intramolecular Hbond substituents is 1. The second kappa shape index (κ2) is 4.00. The van der Waals surface area contributed by atoms with Crippen LogP contribution in [0.25, 0.3) is 22.0 Å². The van der Waals surface area contributed by atoms with E-state index in [0.717, 1.165) is 22.0 Å². The number of nitrogens with one attached hydrogen (secondary N) is 1. The number of H-pyrrole nitrogens is 1. The lowest BCUT2D eigenvalue weighted by Gasteiger charge is -2.05. The number of aromatic amines is 1. The number of phenols is 1. The first-order valence-corrected chi connectivity index (χ1v) is 5.50.